The van der Waals surface area contributed by atoms with Crippen LogP contribution in [0.5, 0.6) is 0 Å². The van der Waals surface area contributed by atoms with E-state index in [0.717, 1.165) is 6.42 Å². The van der Waals surface area contributed by atoms with Crippen LogP contribution in [0.3, 0.4) is 0 Å². The third-order valence-electron chi connectivity index (χ3n) is 1.54. The number of thiophene rings is 1. The molecule has 0 aliphatic rings. The van der Waals surface area contributed by atoms with E-state index in [0.29, 0.717) is 4.21 Å². The molecule has 1 unspecified atom stereocenters. The van der Waals surface area contributed by atoms with Gasteiger partial charge in [-0.05, 0) is 18.6 Å². The lowest BCUT2D eigenvalue weighted by atomic mass is 10.4. The molecule has 68 valence electrons. The summed E-state index contributed by atoms with van der Waals surface area (Å²) >= 11 is 1.47. The maximum Gasteiger partial charge on any atom is 0.144 e. The maximum atomic E-state index is 11.5. The van der Waals surface area contributed by atoms with Crippen LogP contribution in [-0.4, -0.2) is 11.3 Å². The monoisotopic (exact) mass is 204 g/mol. The Morgan fingerprint density at radius 3 is 2.75 bits per heavy atom. The highest BCUT2D eigenvalue weighted by atomic mass is 32.2. The van der Waals surface area contributed by atoms with Crippen molar-refractivity contribution >= 4 is 21.3 Å². The van der Waals surface area contributed by atoms with E-state index in [9.17, 15) is 4.21 Å². The van der Waals surface area contributed by atoms with Crippen LogP contribution in [0.4, 0.5) is 0 Å². The van der Waals surface area contributed by atoms with Gasteiger partial charge < -0.3 is 0 Å². The minimum absolute atomic E-state index is 0.668. The van der Waals surface area contributed by atoms with Crippen LogP contribution >= 0.6 is 11.3 Å². The van der Waals surface area contributed by atoms with Gasteiger partial charge in [-0.3, -0.25) is 0 Å². The summed E-state index contributed by atoms with van der Waals surface area (Å²) in [6.45, 7) is 2.05. The van der Waals surface area contributed by atoms with Gasteiger partial charge in [0.2, 0.25) is 0 Å². The predicted molar refractivity (Wildman–Crippen MR) is 52.6 cm³/mol. The third kappa shape index (κ3) is 1.85. The summed E-state index contributed by atoms with van der Waals surface area (Å²) in [5.41, 5.74) is 0. The highest BCUT2D eigenvalue weighted by Gasteiger charge is 2.07. The van der Waals surface area contributed by atoms with Gasteiger partial charge in [-0.15, -0.1) is 11.3 Å². The van der Waals surface area contributed by atoms with Gasteiger partial charge in [0.25, 0.3) is 0 Å². The number of hydrogen-bond donors (Lipinski definition) is 1. The molecule has 1 aromatic heterocycles. The van der Waals surface area contributed by atoms with Gasteiger partial charge in [0.1, 0.15) is 14.1 Å². The molecule has 0 radical (unpaired) electrons. The van der Waals surface area contributed by atoms with Crippen molar-refractivity contribution in [3.05, 3.63) is 17.0 Å². The van der Waals surface area contributed by atoms with Crippen LogP contribution in [0.1, 0.15) is 11.8 Å². The third-order valence-corrected chi connectivity index (χ3v) is 4.79. The van der Waals surface area contributed by atoms with E-state index in [-0.39, 0.29) is 0 Å². The van der Waals surface area contributed by atoms with Gasteiger partial charge in [-0.25, -0.2) is 13.7 Å². The van der Waals surface area contributed by atoms with Crippen LogP contribution in [0, 0.1) is 0 Å². The fourth-order valence-electron chi connectivity index (χ4n) is 0.795. The molecule has 0 fully saturated rings. The van der Waals surface area contributed by atoms with Crippen LogP contribution in [-0.2, 0) is 16.3 Å². The summed E-state index contributed by atoms with van der Waals surface area (Å²) in [5, 5.41) is 5.48. The summed E-state index contributed by atoms with van der Waals surface area (Å²) in [6.07, 6.45) is 0.948. The lowest BCUT2D eigenvalue weighted by molar-refractivity contribution is 0.679. The second kappa shape index (κ2) is 3.55. The summed E-state index contributed by atoms with van der Waals surface area (Å²) in [4.78, 5) is 1.19. The van der Waals surface area contributed by atoms with Crippen LogP contribution < -0.4 is 5.14 Å². The van der Waals surface area contributed by atoms with E-state index in [4.69, 9.17) is 5.14 Å². The molecule has 0 aromatic carbocycles. The molecule has 0 saturated carbocycles. The molecule has 0 bridgehead atoms. The van der Waals surface area contributed by atoms with Crippen molar-refractivity contribution in [1.29, 1.82) is 0 Å². The number of rotatable bonds is 2. The Bertz CT molecular complexity index is 375. The highest BCUT2D eigenvalue weighted by Crippen LogP contribution is 2.21. The molecule has 0 amide bonds. The van der Waals surface area contributed by atoms with E-state index in [1.165, 1.54) is 23.3 Å². The number of aryl methyl sites for hydroxylation is 1. The SMILES string of the molecule is CCc1ccc(S(N)(=O)=NC)s1. The largest absolute Gasteiger partial charge is 0.240 e. The van der Waals surface area contributed by atoms with E-state index in [1.807, 2.05) is 6.07 Å². The lowest BCUT2D eigenvalue weighted by Crippen LogP contribution is -2.09. The Labute approximate surface area is 76.9 Å². The highest BCUT2D eigenvalue weighted by molar-refractivity contribution is 7.93. The average Bonchev–Trinajstić information content (AvgIpc) is 2.52. The molecule has 5 heteroatoms. The fourth-order valence-corrected chi connectivity index (χ4v) is 2.94. The van der Waals surface area contributed by atoms with Crippen molar-refractivity contribution in [3.63, 3.8) is 0 Å². The van der Waals surface area contributed by atoms with Crippen molar-refractivity contribution in [2.75, 3.05) is 7.05 Å². The zero-order chi connectivity index (χ0) is 9.19. The Kier molecular flexibility index (Phi) is 2.87. The second-order valence-corrected chi connectivity index (χ2v) is 5.69. The topological polar surface area (TPSA) is 55.5 Å². The minimum Gasteiger partial charge on any atom is -0.240 e. The van der Waals surface area contributed by atoms with Gasteiger partial charge >= 0.3 is 0 Å². The zero-order valence-corrected chi connectivity index (χ0v) is 8.74. The molecule has 1 atom stereocenters. The minimum atomic E-state index is -2.59. The van der Waals surface area contributed by atoms with E-state index >= 15 is 0 Å². The van der Waals surface area contributed by atoms with Crippen molar-refractivity contribution < 1.29 is 4.21 Å². The Hall–Kier alpha value is -0.390. The van der Waals surface area contributed by atoms with E-state index < -0.39 is 9.92 Å². The number of nitrogens with zero attached hydrogens (tertiary/aromatic N) is 1. The molecule has 1 rings (SSSR count). The average molecular weight is 204 g/mol. The molecule has 0 spiro atoms. The molecule has 0 aliphatic heterocycles. The van der Waals surface area contributed by atoms with E-state index in [2.05, 4.69) is 11.3 Å². The second-order valence-electron chi connectivity index (χ2n) is 2.33. The van der Waals surface area contributed by atoms with Crippen LogP contribution in [0.15, 0.2) is 20.7 Å². The maximum absolute atomic E-state index is 11.5. The molecular weight excluding hydrogens is 192 g/mol. The summed E-state index contributed by atoms with van der Waals surface area (Å²) in [7, 11) is -1.11. The van der Waals surface area contributed by atoms with Crippen molar-refractivity contribution in [3.8, 4) is 0 Å². The standard InChI is InChI=1S/C7H12N2OS2/c1-3-6-4-5-7(11-6)12(8,10)9-2/h4-5H,3H2,1-2H3,(H2,8,9,10). The van der Waals surface area contributed by atoms with Gasteiger partial charge in [-0.2, -0.15) is 0 Å². The first-order chi connectivity index (χ1) is 5.60. The molecule has 12 heavy (non-hydrogen) atoms. The lowest BCUT2D eigenvalue weighted by Gasteiger charge is -1.96. The van der Waals surface area contributed by atoms with Gasteiger partial charge in [0, 0.05) is 11.9 Å². The summed E-state index contributed by atoms with van der Waals surface area (Å²) in [6, 6.07) is 3.73. The quantitative estimate of drug-likeness (QED) is 0.782. The Balaban J connectivity index is 3.14. The van der Waals surface area contributed by atoms with Gasteiger partial charge in [0.05, 0.1) is 0 Å². The Morgan fingerprint density at radius 2 is 2.33 bits per heavy atom. The van der Waals surface area contributed by atoms with Crippen molar-refractivity contribution in [2.45, 2.75) is 17.6 Å². The predicted octanol–water partition coefficient (Wildman–Crippen LogP) is 1.64. The molecular formula is C7H12N2OS2. The molecule has 1 heterocycles. The summed E-state index contributed by atoms with van der Waals surface area (Å²) < 4.78 is 15.8. The zero-order valence-electron chi connectivity index (χ0n) is 7.11. The van der Waals surface area contributed by atoms with Crippen molar-refractivity contribution in [1.82, 2.24) is 0 Å². The normalized spacial score (nSPS) is 15.6. The first kappa shape index (κ1) is 9.70. The van der Waals surface area contributed by atoms with Crippen LogP contribution in [0.25, 0.3) is 0 Å². The Morgan fingerprint density at radius 1 is 1.67 bits per heavy atom. The van der Waals surface area contributed by atoms with E-state index in [1.54, 1.807) is 6.07 Å². The first-order valence-electron chi connectivity index (χ1n) is 3.62. The fraction of sp³-hybridized carbons (Fsp3) is 0.429. The number of nitrogens with two attached hydrogens (primary N) is 1. The molecule has 3 nitrogen and oxygen atoms in total. The van der Waals surface area contributed by atoms with Gasteiger partial charge in [-0.1, -0.05) is 6.92 Å². The first-order valence-corrected chi connectivity index (χ1v) is 6.01. The number of hydrogen-bond acceptors (Lipinski definition) is 3. The molecule has 0 aliphatic carbocycles. The van der Waals surface area contributed by atoms with Crippen LogP contribution in [0.2, 0.25) is 0 Å². The molecule has 1 aromatic rings. The summed E-state index contributed by atoms with van der Waals surface area (Å²) in [5.74, 6) is 0. The molecule has 0 saturated heterocycles. The van der Waals surface area contributed by atoms with Gasteiger partial charge in [0.15, 0.2) is 0 Å². The smallest absolute Gasteiger partial charge is 0.144 e. The molecule has 2 N–H and O–H groups in total. The van der Waals surface area contributed by atoms with Crippen molar-refractivity contribution in [2.24, 2.45) is 9.50 Å².